The molecule has 1 aromatic rings. The highest BCUT2D eigenvalue weighted by Crippen LogP contribution is 2.32. The Morgan fingerprint density at radius 1 is 1.30 bits per heavy atom. The van der Waals surface area contributed by atoms with Crippen LogP contribution in [0.4, 0.5) is 14.5 Å². The van der Waals surface area contributed by atoms with E-state index in [-0.39, 0.29) is 12.2 Å². The van der Waals surface area contributed by atoms with E-state index in [1.807, 2.05) is 0 Å². The minimum Gasteiger partial charge on any atom is -0.478 e. The first-order chi connectivity index (χ1) is 9.32. The van der Waals surface area contributed by atoms with Crippen molar-refractivity contribution in [3.63, 3.8) is 0 Å². The second-order valence-electron chi connectivity index (χ2n) is 5.38. The lowest BCUT2D eigenvalue weighted by molar-refractivity contribution is 0.0556. The maximum absolute atomic E-state index is 13.9. The molecule has 2 N–H and O–H groups in total. The first kappa shape index (κ1) is 14.7. The van der Waals surface area contributed by atoms with Crippen LogP contribution < -0.4 is 4.90 Å². The normalized spacial score (nSPS) is 17.2. The molecule has 0 aromatic heterocycles. The molecule has 0 aliphatic heterocycles. The van der Waals surface area contributed by atoms with E-state index >= 15 is 0 Å². The Hall–Kier alpha value is -1.69. The van der Waals surface area contributed by atoms with Gasteiger partial charge in [0, 0.05) is 13.6 Å². The number of halogens is 2. The van der Waals surface area contributed by atoms with Gasteiger partial charge in [-0.15, -0.1) is 0 Å². The summed E-state index contributed by atoms with van der Waals surface area (Å²) in [7, 11) is 1.48. The number of nitrogens with zero attached hydrogens (tertiary/aromatic N) is 1. The number of carboxylic acid groups (broad SMARTS) is 1. The van der Waals surface area contributed by atoms with Crippen molar-refractivity contribution < 1.29 is 23.8 Å². The minimum absolute atomic E-state index is 0.118. The number of aliphatic hydroxyl groups is 1. The fourth-order valence-corrected chi connectivity index (χ4v) is 2.77. The fourth-order valence-electron chi connectivity index (χ4n) is 2.77. The topological polar surface area (TPSA) is 60.8 Å². The Morgan fingerprint density at radius 2 is 1.80 bits per heavy atom. The largest absolute Gasteiger partial charge is 0.478 e. The molecule has 0 atom stereocenters. The van der Waals surface area contributed by atoms with E-state index in [1.54, 1.807) is 0 Å². The molecule has 1 aromatic carbocycles. The van der Waals surface area contributed by atoms with Gasteiger partial charge in [-0.3, -0.25) is 0 Å². The summed E-state index contributed by atoms with van der Waals surface area (Å²) < 4.78 is 27.8. The molecule has 110 valence electrons. The van der Waals surface area contributed by atoms with E-state index in [9.17, 15) is 18.7 Å². The summed E-state index contributed by atoms with van der Waals surface area (Å²) >= 11 is 0. The van der Waals surface area contributed by atoms with Gasteiger partial charge in [0.1, 0.15) is 17.3 Å². The molecule has 0 bridgehead atoms. The first-order valence-corrected chi connectivity index (χ1v) is 6.48. The molecule has 1 fully saturated rings. The summed E-state index contributed by atoms with van der Waals surface area (Å²) in [6.45, 7) is 0.118. The molecule has 0 amide bonds. The van der Waals surface area contributed by atoms with Crippen LogP contribution in [0.15, 0.2) is 12.1 Å². The third-order valence-electron chi connectivity index (χ3n) is 3.71. The summed E-state index contributed by atoms with van der Waals surface area (Å²) in [5.41, 5.74) is -1.67. The average molecular weight is 285 g/mol. The third-order valence-corrected chi connectivity index (χ3v) is 3.71. The van der Waals surface area contributed by atoms with Gasteiger partial charge in [0.15, 0.2) is 0 Å². The Bertz CT molecular complexity index is 504. The molecule has 0 radical (unpaired) electrons. The molecule has 2 rings (SSSR count). The van der Waals surface area contributed by atoms with Crippen molar-refractivity contribution in [3.05, 3.63) is 29.3 Å². The van der Waals surface area contributed by atoms with Gasteiger partial charge in [0.25, 0.3) is 0 Å². The van der Waals surface area contributed by atoms with Crippen LogP contribution in [0.2, 0.25) is 0 Å². The predicted octanol–water partition coefficient (Wildman–Crippen LogP) is 2.40. The van der Waals surface area contributed by atoms with Crippen LogP contribution in [0.3, 0.4) is 0 Å². The smallest absolute Gasteiger partial charge is 0.335 e. The molecular formula is C14H17F2NO3. The minimum atomic E-state index is -1.38. The van der Waals surface area contributed by atoms with Gasteiger partial charge in [0.2, 0.25) is 0 Å². The molecule has 6 heteroatoms. The van der Waals surface area contributed by atoms with E-state index in [0.29, 0.717) is 12.8 Å². The number of likely N-dealkylation sites (N-methyl/N-ethyl adjacent to an activating group) is 1. The summed E-state index contributed by atoms with van der Waals surface area (Å²) in [4.78, 5) is 12.0. The molecule has 4 nitrogen and oxygen atoms in total. The van der Waals surface area contributed by atoms with Gasteiger partial charge in [-0.25, -0.2) is 13.6 Å². The molecule has 0 unspecified atom stereocenters. The van der Waals surface area contributed by atoms with Crippen LogP contribution >= 0.6 is 0 Å². The number of benzene rings is 1. The van der Waals surface area contributed by atoms with E-state index < -0.39 is 28.8 Å². The number of anilines is 1. The van der Waals surface area contributed by atoms with Crippen molar-refractivity contribution in [1.29, 1.82) is 0 Å². The zero-order valence-corrected chi connectivity index (χ0v) is 11.2. The van der Waals surface area contributed by atoms with E-state index in [2.05, 4.69) is 0 Å². The summed E-state index contributed by atoms with van der Waals surface area (Å²) in [6.07, 6.45) is 3.00. The highest BCUT2D eigenvalue weighted by Gasteiger charge is 2.33. The molecule has 1 aliphatic rings. The Labute approximate surface area is 115 Å². The molecular weight excluding hydrogens is 268 g/mol. The highest BCUT2D eigenvalue weighted by molar-refractivity contribution is 5.88. The summed E-state index contributed by atoms with van der Waals surface area (Å²) in [5.74, 6) is -3.26. The molecule has 20 heavy (non-hydrogen) atoms. The lowest BCUT2D eigenvalue weighted by Crippen LogP contribution is -2.40. The van der Waals surface area contributed by atoms with Crippen molar-refractivity contribution in [2.45, 2.75) is 31.3 Å². The summed E-state index contributed by atoms with van der Waals surface area (Å²) in [5, 5.41) is 19.0. The standard InChI is InChI=1S/C14H17F2NO3/c1-17(8-14(20)4-2-3-5-14)12-10(15)6-9(13(18)19)7-11(12)16/h6-7,20H,2-5,8H2,1H3,(H,18,19). The lowest BCUT2D eigenvalue weighted by atomic mass is 10.0. The van der Waals surface area contributed by atoms with Crippen molar-refractivity contribution in [2.24, 2.45) is 0 Å². The van der Waals surface area contributed by atoms with Crippen LogP contribution in [0.1, 0.15) is 36.0 Å². The molecule has 1 aliphatic carbocycles. The van der Waals surface area contributed by atoms with Crippen LogP contribution in [-0.4, -0.2) is 35.4 Å². The quantitative estimate of drug-likeness (QED) is 0.892. The molecule has 0 heterocycles. The second-order valence-corrected chi connectivity index (χ2v) is 5.38. The van der Waals surface area contributed by atoms with Gasteiger partial charge in [-0.1, -0.05) is 12.8 Å². The predicted molar refractivity (Wildman–Crippen MR) is 70.0 cm³/mol. The SMILES string of the molecule is CN(CC1(O)CCCC1)c1c(F)cc(C(=O)O)cc1F. The Balaban J connectivity index is 2.25. The Kier molecular flexibility index (Phi) is 3.94. The number of carboxylic acids is 1. The zero-order valence-electron chi connectivity index (χ0n) is 11.2. The maximum Gasteiger partial charge on any atom is 0.335 e. The van der Waals surface area contributed by atoms with Crippen LogP contribution in [-0.2, 0) is 0 Å². The van der Waals surface area contributed by atoms with Gasteiger partial charge < -0.3 is 15.1 Å². The van der Waals surface area contributed by atoms with Crippen molar-refractivity contribution in [2.75, 3.05) is 18.5 Å². The number of hydrogen-bond donors (Lipinski definition) is 2. The van der Waals surface area contributed by atoms with Crippen molar-refractivity contribution in [3.8, 4) is 0 Å². The van der Waals surface area contributed by atoms with Gasteiger partial charge >= 0.3 is 5.97 Å². The zero-order chi connectivity index (χ0) is 14.9. The number of aromatic carboxylic acids is 1. The third kappa shape index (κ3) is 2.90. The van der Waals surface area contributed by atoms with Crippen molar-refractivity contribution in [1.82, 2.24) is 0 Å². The van der Waals surface area contributed by atoms with Crippen LogP contribution in [0, 0.1) is 11.6 Å². The van der Waals surface area contributed by atoms with Crippen LogP contribution in [0.5, 0.6) is 0 Å². The monoisotopic (exact) mass is 285 g/mol. The second kappa shape index (κ2) is 5.36. The average Bonchev–Trinajstić information content (AvgIpc) is 2.74. The molecule has 0 spiro atoms. The summed E-state index contributed by atoms with van der Waals surface area (Å²) in [6, 6.07) is 1.58. The fraction of sp³-hybridized carbons (Fsp3) is 0.500. The van der Waals surface area contributed by atoms with E-state index in [0.717, 1.165) is 25.0 Å². The van der Waals surface area contributed by atoms with Gasteiger partial charge in [-0.2, -0.15) is 0 Å². The van der Waals surface area contributed by atoms with Crippen LogP contribution in [0.25, 0.3) is 0 Å². The van der Waals surface area contributed by atoms with E-state index in [1.165, 1.54) is 11.9 Å². The first-order valence-electron chi connectivity index (χ1n) is 6.48. The van der Waals surface area contributed by atoms with Crippen molar-refractivity contribution >= 4 is 11.7 Å². The van der Waals surface area contributed by atoms with Gasteiger partial charge in [-0.05, 0) is 25.0 Å². The highest BCUT2D eigenvalue weighted by atomic mass is 19.1. The Morgan fingerprint density at radius 3 is 2.25 bits per heavy atom. The van der Waals surface area contributed by atoms with E-state index in [4.69, 9.17) is 5.11 Å². The lowest BCUT2D eigenvalue weighted by Gasteiger charge is -2.30. The van der Waals surface area contributed by atoms with Gasteiger partial charge in [0.05, 0.1) is 11.2 Å². The number of rotatable bonds is 4. The number of carbonyl (C=O) groups is 1. The molecule has 0 saturated heterocycles. The molecule has 1 saturated carbocycles. The number of hydrogen-bond acceptors (Lipinski definition) is 3. The maximum atomic E-state index is 13.9.